The van der Waals surface area contributed by atoms with Gasteiger partial charge in [0, 0.05) is 6.54 Å². The van der Waals surface area contributed by atoms with E-state index in [0.717, 1.165) is 4.90 Å². The third-order valence-electron chi connectivity index (χ3n) is 2.36. The van der Waals surface area contributed by atoms with E-state index in [-0.39, 0.29) is 18.5 Å². The maximum atomic E-state index is 11.6. The van der Waals surface area contributed by atoms with Crippen LogP contribution in [0.2, 0.25) is 0 Å². The number of β-amino-alcohol motifs (C(OH)–C–C–N with tert-alkyl or cyclic N) is 1. The number of amides is 3. The van der Waals surface area contributed by atoms with Gasteiger partial charge in [-0.25, -0.2) is 4.79 Å². The summed E-state index contributed by atoms with van der Waals surface area (Å²) in [4.78, 5) is 25.8. The first-order valence-corrected chi connectivity index (χ1v) is 4.79. The van der Waals surface area contributed by atoms with Gasteiger partial charge in [-0.2, -0.15) is 0 Å². The van der Waals surface area contributed by atoms with Gasteiger partial charge in [0.15, 0.2) is 0 Å². The minimum absolute atomic E-state index is 0.0819. The Bertz CT molecular complexity index is 252. The van der Waals surface area contributed by atoms with E-state index in [0.29, 0.717) is 6.54 Å². The average Bonchev–Trinajstić information content (AvgIpc) is 2.30. The summed E-state index contributed by atoms with van der Waals surface area (Å²) in [6.07, 6.45) is -0.674. The molecule has 2 atom stereocenters. The van der Waals surface area contributed by atoms with Crippen molar-refractivity contribution in [3.05, 3.63) is 0 Å². The molecule has 5 nitrogen and oxygen atoms in total. The van der Waals surface area contributed by atoms with E-state index in [1.807, 2.05) is 6.92 Å². The average molecular weight is 200 g/mol. The molecule has 2 unspecified atom stereocenters. The molecule has 1 aliphatic rings. The zero-order valence-corrected chi connectivity index (χ0v) is 8.73. The standard InChI is InChI=1S/C9H16N2O3/c1-4-10-7(3)8(13)11(9(10)14)5-6(2)12/h6-7,12H,4-5H2,1-3H3. The lowest BCUT2D eigenvalue weighted by Gasteiger charge is -2.17. The van der Waals surface area contributed by atoms with Crippen molar-refractivity contribution in [1.82, 2.24) is 9.80 Å². The van der Waals surface area contributed by atoms with Gasteiger partial charge in [0.05, 0.1) is 12.6 Å². The van der Waals surface area contributed by atoms with Crippen molar-refractivity contribution in [1.29, 1.82) is 0 Å². The lowest BCUT2D eigenvalue weighted by Crippen LogP contribution is -2.37. The summed E-state index contributed by atoms with van der Waals surface area (Å²) in [7, 11) is 0. The van der Waals surface area contributed by atoms with Crippen LogP contribution in [0.5, 0.6) is 0 Å². The number of urea groups is 1. The number of carbonyl (C=O) groups excluding carboxylic acids is 2. The first-order valence-electron chi connectivity index (χ1n) is 4.79. The van der Waals surface area contributed by atoms with E-state index in [2.05, 4.69) is 0 Å². The lowest BCUT2D eigenvalue weighted by atomic mass is 10.3. The van der Waals surface area contributed by atoms with Gasteiger partial charge in [0.25, 0.3) is 5.91 Å². The highest BCUT2D eigenvalue weighted by molar-refractivity contribution is 6.03. The topological polar surface area (TPSA) is 60.9 Å². The number of aliphatic hydroxyl groups excluding tert-OH is 1. The van der Waals surface area contributed by atoms with E-state index < -0.39 is 12.1 Å². The van der Waals surface area contributed by atoms with Crippen LogP contribution in [0, 0.1) is 0 Å². The summed E-state index contributed by atoms with van der Waals surface area (Å²) in [5, 5.41) is 9.13. The molecule has 1 N–H and O–H groups in total. The molecule has 0 aromatic rings. The van der Waals surface area contributed by atoms with E-state index >= 15 is 0 Å². The SMILES string of the molecule is CCN1C(=O)N(CC(C)O)C(=O)C1C. The van der Waals surface area contributed by atoms with Crippen LogP contribution < -0.4 is 0 Å². The number of likely N-dealkylation sites (N-methyl/N-ethyl adjacent to an activating group) is 1. The fraction of sp³-hybridized carbons (Fsp3) is 0.778. The van der Waals surface area contributed by atoms with Gasteiger partial charge in [-0.1, -0.05) is 0 Å². The Hall–Kier alpha value is -1.10. The maximum absolute atomic E-state index is 11.6. The second-order valence-corrected chi connectivity index (χ2v) is 3.54. The molecule has 80 valence electrons. The smallest absolute Gasteiger partial charge is 0.327 e. The van der Waals surface area contributed by atoms with Crippen LogP contribution >= 0.6 is 0 Å². The van der Waals surface area contributed by atoms with Crippen molar-refractivity contribution in [2.24, 2.45) is 0 Å². The normalized spacial score (nSPS) is 24.7. The van der Waals surface area contributed by atoms with Crippen molar-refractivity contribution in [3.63, 3.8) is 0 Å². The van der Waals surface area contributed by atoms with E-state index in [1.54, 1.807) is 13.8 Å². The Balaban J connectivity index is 2.78. The van der Waals surface area contributed by atoms with E-state index in [9.17, 15) is 9.59 Å². The van der Waals surface area contributed by atoms with Crippen LogP contribution in [0.4, 0.5) is 4.79 Å². The van der Waals surface area contributed by atoms with Crippen molar-refractivity contribution < 1.29 is 14.7 Å². The van der Waals surface area contributed by atoms with Crippen molar-refractivity contribution >= 4 is 11.9 Å². The monoisotopic (exact) mass is 200 g/mol. The summed E-state index contributed by atoms with van der Waals surface area (Å²) in [5.74, 6) is -0.224. The third-order valence-corrected chi connectivity index (χ3v) is 2.36. The number of hydrogen-bond donors (Lipinski definition) is 1. The Morgan fingerprint density at radius 2 is 2.07 bits per heavy atom. The second-order valence-electron chi connectivity index (χ2n) is 3.54. The molecule has 1 aliphatic heterocycles. The maximum Gasteiger partial charge on any atom is 0.327 e. The molecule has 1 fully saturated rings. The molecule has 0 radical (unpaired) electrons. The number of rotatable bonds is 3. The minimum Gasteiger partial charge on any atom is -0.392 e. The van der Waals surface area contributed by atoms with Gasteiger partial charge in [-0.05, 0) is 20.8 Å². The molecule has 1 saturated heterocycles. The molecule has 0 aliphatic carbocycles. The molecule has 0 bridgehead atoms. The number of nitrogens with zero attached hydrogens (tertiary/aromatic N) is 2. The lowest BCUT2D eigenvalue weighted by molar-refractivity contribution is -0.128. The van der Waals surface area contributed by atoms with Gasteiger partial charge < -0.3 is 10.0 Å². The molecular formula is C9H16N2O3. The highest BCUT2D eigenvalue weighted by Crippen LogP contribution is 2.16. The van der Waals surface area contributed by atoms with Gasteiger partial charge in [-0.3, -0.25) is 9.69 Å². The van der Waals surface area contributed by atoms with Gasteiger partial charge in [0.1, 0.15) is 6.04 Å². The molecule has 0 spiro atoms. The van der Waals surface area contributed by atoms with Crippen molar-refractivity contribution in [2.75, 3.05) is 13.1 Å². The first kappa shape index (κ1) is 11.0. The van der Waals surface area contributed by atoms with Crippen LogP contribution in [-0.4, -0.2) is 52.1 Å². The second kappa shape index (κ2) is 3.96. The zero-order chi connectivity index (χ0) is 10.9. The summed E-state index contributed by atoms with van der Waals surface area (Å²) in [6.45, 7) is 5.68. The Morgan fingerprint density at radius 1 is 1.50 bits per heavy atom. The summed E-state index contributed by atoms with van der Waals surface area (Å²) in [6, 6.07) is -0.697. The molecule has 1 rings (SSSR count). The predicted molar refractivity (Wildman–Crippen MR) is 50.6 cm³/mol. The molecule has 1 heterocycles. The largest absolute Gasteiger partial charge is 0.392 e. The van der Waals surface area contributed by atoms with Gasteiger partial charge in [0.2, 0.25) is 0 Å². The number of imide groups is 1. The molecule has 5 heteroatoms. The Morgan fingerprint density at radius 3 is 2.43 bits per heavy atom. The predicted octanol–water partition coefficient (Wildman–Crippen LogP) is 0.0398. The summed E-state index contributed by atoms with van der Waals surface area (Å²) in [5.41, 5.74) is 0. The van der Waals surface area contributed by atoms with Crippen molar-refractivity contribution in [2.45, 2.75) is 32.9 Å². The first-order chi connectivity index (χ1) is 6.49. The number of hydrogen-bond acceptors (Lipinski definition) is 3. The van der Waals surface area contributed by atoms with Crippen LogP contribution in [0.3, 0.4) is 0 Å². The van der Waals surface area contributed by atoms with Crippen LogP contribution in [0.15, 0.2) is 0 Å². The third kappa shape index (κ3) is 1.72. The molecule has 14 heavy (non-hydrogen) atoms. The van der Waals surface area contributed by atoms with Crippen molar-refractivity contribution in [3.8, 4) is 0 Å². The van der Waals surface area contributed by atoms with Crippen LogP contribution in [0.1, 0.15) is 20.8 Å². The zero-order valence-electron chi connectivity index (χ0n) is 8.73. The quantitative estimate of drug-likeness (QED) is 0.654. The van der Waals surface area contributed by atoms with E-state index in [4.69, 9.17) is 5.11 Å². The molecule has 0 aromatic carbocycles. The van der Waals surface area contributed by atoms with Gasteiger partial charge >= 0.3 is 6.03 Å². The van der Waals surface area contributed by atoms with Gasteiger partial charge in [-0.15, -0.1) is 0 Å². The molecule has 3 amide bonds. The number of aliphatic hydroxyl groups is 1. The fourth-order valence-electron chi connectivity index (χ4n) is 1.62. The highest BCUT2D eigenvalue weighted by atomic mass is 16.3. The number of carbonyl (C=O) groups is 2. The van der Waals surface area contributed by atoms with Crippen LogP contribution in [-0.2, 0) is 4.79 Å². The summed E-state index contributed by atoms with van der Waals surface area (Å²) >= 11 is 0. The molecular weight excluding hydrogens is 184 g/mol. The summed E-state index contributed by atoms with van der Waals surface area (Å²) < 4.78 is 0. The minimum atomic E-state index is -0.674. The fourth-order valence-corrected chi connectivity index (χ4v) is 1.62. The Labute approximate surface area is 83.3 Å². The highest BCUT2D eigenvalue weighted by Gasteiger charge is 2.41. The molecule has 0 aromatic heterocycles. The molecule has 0 saturated carbocycles. The van der Waals surface area contributed by atoms with E-state index in [1.165, 1.54) is 4.90 Å². The van der Waals surface area contributed by atoms with Crippen LogP contribution in [0.25, 0.3) is 0 Å². The Kier molecular flexibility index (Phi) is 3.10.